The van der Waals surface area contributed by atoms with Crippen molar-refractivity contribution in [2.45, 2.75) is 0 Å². The van der Waals surface area contributed by atoms with Crippen LogP contribution in [0.3, 0.4) is 0 Å². The molecule has 15 heavy (non-hydrogen) atoms. The highest BCUT2D eigenvalue weighted by Gasteiger charge is 2.04. The van der Waals surface area contributed by atoms with E-state index in [1.807, 2.05) is 36.4 Å². The van der Waals surface area contributed by atoms with Crippen molar-refractivity contribution in [1.29, 1.82) is 0 Å². The van der Waals surface area contributed by atoms with Gasteiger partial charge < -0.3 is 10.5 Å². The Bertz CT molecular complexity index is 470. The van der Waals surface area contributed by atoms with Crippen LogP contribution >= 0.6 is 11.6 Å². The first-order valence-corrected chi connectivity index (χ1v) is 5.21. The van der Waals surface area contributed by atoms with E-state index >= 15 is 0 Å². The summed E-state index contributed by atoms with van der Waals surface area (Å²) in [6.45, 7) is 1.03. The van der Waals surface area contributed by atoms with Crippen molar-refractivity contribution in [2.75, 3.05) is 13.2 Å². The fraction of sp³-hybridized carbons (Fsp3) is 0.167. The maximum atomic E-state index is 6.08. The van der Waals surface area contributed by atoms with Crippen molar-refractivity contribution in [2.24, 2.45) is 5.73 Å². The third-order valence-corrected chi connectivity index (χ3v) is 2.54. The third-order valence-electron chi connectivity index (χ3n) is 2.21. The molecule has 0 aliphatic carbocycles. The molecular weight excluding hydrogens is 210 g/mol. The smallest absolute Gasteiger partial charge is 0.127 e. The van der Waals surface area contributed by atoms with Crippen LogP contribution in [0.5, 0.6) is 5.75 Å². The zero-order valence-electron chi connectivity index (χ0n) is 8.24. The average Bonchev–Trinajstić information content (AvgIpc) is 2.29. The number of nitrogens with two attached hydrogens (primary N) is 1. The minimum absolute atomic E-state index is 0.511. The van der Waals surface area contributed by atoms with E-state index in [1.54, 1.807) is 0 Å². The zero-order chi connectivity index (χ0) is 10.7. The third kappa shape index (κ3) is 2.06. The molecule has 0 spiro atoms. The van der Waals surface area contributed by atoms with Crippen LogP contribution in [-0.4, -0.2) is 13.2 Å². The van der Waals surface area contributed by atoms with Crippen LogP contribution in [-0.2, 0) is 0 Å². The molecule has 0 atom stereocenters. The first-order chi connectivity index (χ1) is 7.33. The lowest BCUT2D eigenvalue weighted by Gasteiger charge is -2.09. The Morgan fingerprint density at radius 2 is 1.80 bits per heavy atom. The summed E-state index contributed by atoms with van der Waals surface area (Å²) in [5, 5.41) is 2.78. The van der Waals surface area contributed by atoms with Crippen molar-refractivity contribution in [3.05, 3.63) is 41.4 Å². The molecule has 78 valence electrons. The predicted octanol–water partition coefficient (Wildman–Crippen LogP) is 2.83. The van der Waals surface area contributed by atoms with Gasteiger partial charge in [-0.3, -0.25) is 0 Å². The van der Waals surface area contributed by atoms with E-state index in [9.17, 15) is 0 Å². The van der Waals surface area contributed by atoms with Crippen LogP contribution in [0.25, 0.3) is 10.8 Å². The van der Waals surface area contributed by atoms with Gasteiger partial charge in [-0.1, -0.05) is 35.9 Å². The highest BCUT2D eigenvalue weighted by molar-refractivity contribution is 6.35. The van der Waals surface area contributed by atoms with Crippen LogP contribution < -0.4 is 10.5 Å². The fourth-order valence-electron chi connectivity index (χ4n) is 1.53. The van der Waals surface area contributed by atoms with Crippen molar-refractivity contribution in [1.82, 2.24) is 0 Å². The molecule has 2 aromatic carbocycles. The molecule has 0 heterocycles. The number of hydrogen-bond donors (Lipinski definition) is 1. The summed E-state index contributed by atoms with van der Waals surface area (Å²) in [5.74, 6) is 0.834. The van der Waals surface area contributed by atoms with E-state index in [-0.39, 0.29) is 0 Å². The molecule has 0 fully saturated rings. The van der Waals surface area contributed by atoms with Crippen LogP contribution in [0.4, 0.5) is 0 Å². The Morgan fingerprint density at radius 3 is 2.53 bits per heavy atom. The molecule has 0 saturated heterocycles. The number of ether oxygens (including phenoxy) is 1. The van der Waals surface area contributed by atoms with Gasteiger partial charge in [0.2, 0.25) is 0 Å². The van der Waals surface area contributed by atoms with E-state index in [0.29, 0.717) is 13.2 Å². The molecule has 0 saturated carbocycles. The van der Waals surface area contributed by atoms with E-state index in [1.165, 1.54) is 0 Å². The standard InChI is InChI=1S/C12H12ClNO/c13-11-5-6-12(15-8-7-14)10-4-2-1-3-9(10)11/h1-6H,7-8,14H2. The quantitative estimate of drug-likeness (QED) is 0.865. The van der Waals surface area contributed by atoms with Crippen LogP contribution in [0.1, 0.15) is 0 Å². The van der Waals surface area contributed by atoms with Gasteiger partial charge in [0.15, 0.2) is 0 Å². The predicted molar refractivity (Wildman–Crippen MR) is 63.5 cm³/mol. The molecule has 2 N–H and O–H groups in total. The molecule has 2 aromatic rings. The van der Waals surface area contributed by atoms with E-state index < -0.39 is 0 Å². The second-order valence-electron chi connectivity index (χ2n) is 3.23. The normalized spacial score (nSPS) is 10.5. The maximum Gasteiger partial charge on any atom is 0.127 e. The Hall–Kier alpha value is -1.25. The lowest BCUT2D eigenvalue weighted by molar-refractivity contribution is 0.332. The second-order valence-corrected chi connectivity index (χ2v) is 3.64. The number of halogens is 1. The minimum Gasteiger partial charge on any atom is -0.492 e. The summed E-state index contributed by atoms with van der Waals surface area (Å²) in [5.41, 5.74) is 5.40. The van der Waals surface area contributed by atoms with E-state index in [0.717, 1.165) is 21.5 Å². The van der Waals surface area contributed by atoms with Gasteiger partial charge in [-0.05, 0) is 12.1 Å². The van der Waals surface area contributed by atoms with E-state index in [4.69, 9.17) is 22.1 Å². The zero-order valence-corrected chi connectivity index (χ0v) is 9.00. The van der Waals surface area contributed by atoms with Gasteiger partial charge in [-0.2, -0.15) is 0 Å². The monoisotopic (exact) mass is 221 g/mol. The molecule has 0 aromatic heterocycles. The first kappa shape index (κ1) is 10.3. The molecule has 2 nitrogen and oxygen atoms in total. The average molecular weight is 222 g/mol. The summed E-state index contributed by atoms with van der Waals surface area (Å²) in [6.07, 6.45) is 0. The molecule has 0 aliphatic heterocycles. The Morgan fingerprint density at radius 1 is 1.07 bits per heavy atom. The van der Waals surface area contributed by atoms with Gasteiger partial charge in [0.05, 0.1) is 0 Å². The number of rotatable bonds is 3. The molecular formula is C12H12ClNO. The highest BCUT2D eigenvalue weighted by atomic mass is 35.5. The Balaban J connectivity index is 2.51. The van der Waals surface area contributed by atoms with Crippen LogP contribution in [0.15, 0.2) is 36.4 Å². The molecule has 0 bridgehead atoms. The maximum absolute atomic E-state index is 6.08. The van der Waals surface area contributed by atoms with Gasteiger partial charge in [-0.25, -0.2) is 0 Å². The van der Waals surface area contributed by atoms with Crippen LogP contribution in [0.2, 0.25) is 5.02 Å². The topological polar surface area (TPSA) is 35.2 Å². The van der Waals surface area contributed by atoms with Gasteiger partial charge in [0.25, 0.3) is 0 Å². The van der Waals surface area contributed by atoms with Crippen LogP contribution in [0, 0.1) is 0 Å². The van der Waals surface area contributed by atoms with Gasteiger partial charge >= 0.3 is 0 Å². The second kappa shape index (κ2) is 4.51. The molecule has 0 radical (unpaired) electrons. The molecule has 0 aliphatic rings. The SMILES string of the molecule is NCCOc1ccc(Cl)c2ccccc12. The van der Waals surface area contributed by atoms with Crippen molar-refractivity contribution < 1.29 is 4.74 Å². The summed E-state index contributed by atoms with van der Waals surface area (Å²) >= 11 is 6.08. The minimum atomic E-state index is 0.511. The van der Waals surface area contributed by atoms with Crippen molar-refractivity contribution in [3.8, 4) is 5.75 Å². The number of benzene rings is 2. The summed E-state index contributed by atoms with van der Waals surface area (Å²) in [4.78, 5) is 0. The summed E-state index contributed by atoms with van der Waals surface area (Å²) in [6, 6.07) is 11.6. The Kier molecular flexibility index (Phi) is 3.09. The number of fused-ring (bicyclic) bond motifs is 1. The molecule has 3 heteroatoms. The summed E-state index contributed by atoms with van der Waals surface area (Å²) < 4.78 is 5.54. The number of hydrogen-bond acceptors (Lipinski definition) is 2. The van der Waals surface area contributed by atoms with E-state index in [2.05, 4.69) is 0 Å². The fourth-order valence-corrected chi connectivity index (χ4v) is 1.76. The lowest BCUT2D eigenvalue weighted by Crippen LogP contribution is -2.10. The first-order valence-electron chi connectivity index (χ1n) is 4.83. The Labute approximate surface area is 93.6 Å². The largest absolute Gasteiger partial charge is 0.492 e. The van der Waals surface area contributed by atoms with Crippen molar-refractivity contribution in [3.63, 3.8) is 0 Å². The highest BCUT2D eigenvalue weighted by Crippen LogP contribution is 2.30. The molecule has 0 unspecified atom stereocenters. The molecule has 0 amide bonds. The van der Waals surface area contributed by atoms with Gasteiger partial charge in [-0.15, -0.1) is 0 Å². The summed E-state index contributed by atoms with van der Waals surface area (Å²) in [7, 11) is 0. The van der Waals surface area contributed by atoms with Crippen molar-refractivity contribution >= 4 is 22.4 Å². The van der Waals surface area contributed by atoms with Gasteiger partial charge in [0, 0.05) is 22.3 Å². The molecule has 2 rings (SSSR count). The van der Waals surface area contributed by atoms with Gasteiger partial charge in [0.1, 0.15) is 12.4 Å². The lowest BCUT2D eigenvalue weighted by atomic mass is 10.1.